The van der Waals surface area contributed by atoms with E-state index in [4.69, 9.17) is 0 Å². The summed E-state index contributed by atoms with van der Waals surface area (Å²) in [6.45, 7) is 4.43. The fraction of sp³-hybridized carbons (Fsp3) is 0.143. The second-order valence-electron chi connectivity index (χ2n) is 8.21. The summed E-state index contributed by atoms with van der Waals surface area (Å²) in [5, 5.41) is 0. The highest BCUT2D eigenvalue weighted by Gasteiger charge is 2.47. The zero-order valence-corrected chi connectivity index (χ0v) is 18.5. The van der Waals surface area contributed by atoms with Gasteiger partial charge < -0.3 is 10.9 Å². The number of para-hydroxylation sites is 2. The summed E-state index contributed by atoms with van der Waals surface area (Å²) in [5.74, 6) is 0. The third-order valence-electron chi connectivity index (χ3n) is 6.16. The zero-order chi connectivity index (χ0) is 22.3. The lowest BCUT2D eigenvalue weighted by molar-refractivity contribution is 0.177. The minimum absolute atomic E-state index is 0.548. The molecule has 0 aliphatic rings. The second-order valence-corrected chi connectivity index (χ2v) is 8.21. The van der Waals surface area contributed by atoms with E-state index in [9.17, 15) is 0 Å². The third-order valence-corrected chi connectivity index (χ3v) is 6.16. The lowest BCUT2D eigenvalue weighted by Gasteiger charge is -2.48. The molecule has 4 heteroatoms. The van der Waals surface area contributed by atoms with Gasteiger partial charge in [0.05, 0.1) is 11.1 Å². The first-order valence-electron chi connectivity index (χ1n) is 10.9. The number of hydrazine groups is 2. The second kappa shape index (κ2) is 9.69. The van der Waals surface area contributed by atoms with Gasteiger partial charge in [-0.15, -0.1) is 0 Å². The van der Waals surface area contributed by atoms with Crippen LogP contribution < -0.4 is 21.7 Å². The van der Waals surface area contributed by atoms with Crippen molar-refractivity contribution >= 4 is 11.4 Å². The molecule has 0 radical (unpaired) electrons. The molecule has 0 aliphatic heterocycles. The summed E-state index contributed by atoms with van der Waals surface area (Å²) in [4.78, 5) is 0. The normalized spacial score (nSPS) is 14.7. The Morgan fingerprint density at radius 3 is 1.00 bits per heavy atom. The summed E-state index contributed by atoms with van der Waals surface area (Å²) in [6.07, 6.45) is 0. The Bertz CT molecular complexity index is 996. The molecule has 4 aromatic carbocycles. The molecule has 32 heavy (non-hydrogen) atoms. The van der Waals surface area contributed by atoms with Crippen molar-refractivity contribution in [3.63, 3.8) is 0 Å². The van der Waals surface area contributed by atoms with Crippen LogP contribution in [0.1, 0.15) is 25.0 Å². The number of benzene rings is 4. The fourth-order valence-corrected chi connectivity index (χ4v) is 3.95. The number of rotatable bonds is 9. The van der Waals surface area contributed by atoms with Gasteiger partial charge >= 0.3 is 0 Å². The molecule has 0 spiro atoms. The van der Waals surface area contributed by atoms with E-state index in [1.54, 1.807) is 0 Å². The first-order valence-corrected chi connectivity index (χ1v) is 10.9. The Balaban J connectivity index is 1.76. The molecule has 0 fully saturated rings. The standard InChI is InChI=1S/C28H30N4/c1-27(23-15-7-3-8-16-23,31-29-25-19-11-5-12-20-25)28(2,24-17-9-4-10-18-24)32-30-26-21-13-6-14-22-26/h3-22,29-32H,1-2H3. The molecule has 0 heterocycles. The largest absolute Gasteiger partial charge is 0.321 e. The van der Waals surface area contributed by atoms with Gasteiger partial charge in [0.25, 0.3) is 0 Å². The van der Waals surface area contributed by atoms with Crippen LogP contribution in [0.5, 0.6) is 0 Å². The van der Waals surface area contributed by atoms with E-state index in [0.29, 0.717) is 0 Å². The van der Waals surface area contributed by atoms with Crippen molar-refractivity contribution in [1.82, 2.24) is 10.9 Å². The lowest BCUT2D eigenvalue weighted by Crippen LogP contribution is -2.64. The summed E-state index contributed by atoms with van der Waals surface area (Å²) >= 11 is 0. The summed E-state index contributed by atoms with van der Waals surface area (Å²) in [6, 6.07) is 41.4. The van der Waals surface area contributed by atoms with Crippen molar-refractivity contribution in [2.75, 3.05) is 10.9 Å². The summed E-state index contributed by atoms with van der Waals surface area (Å²) in [7, 11) is 0. The molecular weight excluding hydrogens is 392 g/mol. The van der Waals surface area contributed by atoms with E-state index in [2.05, 4.69) is 84.1 Å². The molecule has 4 N–H and O–H groups in total. The number of nitrogens with one attached hydrogen (secondary N) is 4. The van der Waals surface area contributed by atoms with E-state index < -0.39 is 11.1 Å². The van der Waals surface area contributed by atoms with Crippen molar-refractivity contribution in [3.8, 4) is 0 Å². The van der Waals surface area contributed by atoms with Crippen LogP contribution in [0.25, 0.3) is 0 Å². The minimum atomic E-state index is -0.548. The zero-order valence-electron chi connectivity index (χ0n) is 18.5. The molecule has 0 saturated carbocycles. The molecule has 162 valence electrons. The van der Waals surface area contributed by atoms with Gasteiger partial charge in [0, 0.05) is 11.4 Å². The Morgan fingerprint density at radius 2 is 0.688 bits per heavy atom. The maximum absolute atomic E-state index is 3.65. The molecule has 0 aromatic heterocycles. The van der Waals surface area contributed by atoms with Crippen LogP contribution in [0.4, 0.5) is 11.4 Å². The molecular formula is C28H30N4. The molecule has 4 rings (SSSR count). The van der Waals surface area contributed by atoms with Gasteiger partial charge in [0.15, 0.2) is 0 Å². The van der Waals surface area contributed by atoms with E-state index in [1.165, 1.54) is 0 Å². The highest BCUT2D eigenvalue weighted by molar-refractivity contribution is 5.46. The predicted molar refractivity (Wildman–Crippen MR) is 134 cm³/mol. The van der Waals surface area contributed by atoms with Gasteiger partial charge in [-0.3, -0.25) is 0 Å². The van der Waals surface area contributed by atoms with Crippen molar-refractivity contribution in [2.24, 2.45) is 0 Å². The Labute approximate surface area is 190 Å². The topological polar surface area (TPSA) is 48.1 Å². The van der Waals surface area contributed by atoms with Gasteiger partial charge in [-0.05, 0) is 49.2 Å². The van der Waals surface area contributed by atoms with E-state index in [0.717, 1.165) is 22.5 Å². The van der Waals surface area contributed by atoms with Crippen molar-refractivity contribution < 1.29 is 0 Å². The van der Waals surface area contributed by atoms with Gasteiger partial charge in [-0.25, -0.2) is 10.9 Å². The Morgan fingerprint density at radius 1 is 0.406 bits per heavy atom. The van der Waals surface area contributed by atoms with Crippen molar-refractivity contribution in [2.45, 2.75) is 24.9 Å². The van der Waals surface area contributed by atoms with Gasteiger partial charge in [-0.1, -0.05) is 97.1 Å². The molecule has 0 bridgehead atoms. The van der Waals surface area contributed by atoms with Crippen LogP contribution in [-0.2, 0) is 11.1 Å². The highest BCUT2D eigenvalue weighted by atomic mass is 15.5. The maximum atomic E-state index is 3.65. The molecule has 0 aliphatic carbocycles. The van der Waals surface area contributed by atoms with Crippen LogP contribution in [-0.4, -0.2) is 0 Å². The van der Waals surface area contributed by atoms with Gasteiger partial charge in [0.2, 0.25) is 0 Å². The lowest BCUT2D eigenvalue weighted by atomic mass is 9.71. The molecule has 4 nitrogen and oxygen atoms in total. The van der Waals surface area contributed by atoms with Gasteiger partial charge in [-0.2, -0.15) is 0 Å². The fourth-order valence-electron chi connectivity index (χ4n) is 3.95. The Kier molecular flexibility index (Phi) is 6.55. The number of anilines is 2. The first kappa shape index (κ1) is 21.6. The van der Waals surface area contributed by atoms with Crippen molar-refractivity contribution in [1.29, 1.82) is 0 Å². The molecule has 2 atom stereocenters. The molecule has 0 amide bonds. The SMILES string of the molecule is CC(NNc1ccccc1)(c1ccccc1)C(C)(NNc1ccccc1)c1ccccc1. The summed E-state index contributed by atoms with van der Waals surface area (Å²) in [5.41, 5.74) is 17.4. The first-order chi connectivity index (χ1) is 15.6. The molecule has 2 unspecified atom stereocenters. The van der Waals surface area contributed by atoms with E-state index in [1.807, 2.05) is 72.8 Å². The smallest absolute Gasteiger partial charge is 0.0828 e. The molecule has 4 aromatic rings. The van der Waals surface area contributed by atoms with Crippen LogP contribution in [0.3, 0.4) is 0 Å². The molecule has 0 saturated heterocycles. The highest BCUT2D eigenvalue weighted by Crippen LogP contribution is 2.40. The summed E-state index contributed by atoms with van der Waals surface area (Å²) < 4.78 is 0. The predicted octanol–water partition coefficient (Wildman–Crippen LogP) is 6.05. The van der Waals surface area contributed by atoms with E-state index >= 15 is 0 Å². The quantitative estimate of drug-likeness (QED) is 0.248. The van der Waals surface area contributed by atoms with Gasteiger partial charge in [0.1, 0.15) is 0 Å². The number of hydrogen-bond donors (Lipinski definition) is 4. The van der Waals surface area contributed by atoms with Crippen LogP contribution in [0.15, 0.2) is 121 Å². The van der Waals surface area contributed by atoms with Crippen molar-refractivity contribution in [3.05, 3.63) is 132 Å². The van der Waals surface area contributed by atoms with Crippen LogP contribution >= 0.6 is 0 Å². The average Bonchev–Trinajstić information content (AvgIpc) is 2.88. The monoisotopic (exact) mass is 422 g/mol. The Hall–Kier alpha value is -3.60. The van der Waals surface area contributed by atoms with Crippen LogP contribution in [0, 0.1) is 0 Å². The van der Waals surface area contributed by atoms with E-state index in [-0.39, 0.29) is 0 Å². The maximum Gasteiger partial charge on any atom is 0.0828 e. The van der Waals surface area contributed by atoms with Crippen LogP contribution in [0.2, 0.25) is 0 Å². The number of hydrogen-bond acceptors (Lipinski definition) is 4. The minimum Gasteiger partial charge on any atom is -0.321 e. The average molecular weight is 423 g/mol. The third kappa shape index (κ3) is 4.52.